The Morgan fingerprint density at radius 2 is 1.21 bits per heavy atom. The molecular formula is C29H31O3P. The molecule has 0 unspecified atom stereocenters. The standard InChI is InChI=1S/C29H31O3P/c1-18-12-21-25-23(14-18)31-33(30-20-10-8-7-9-11-20)32-24-15-19(2)13-22-26(24)29(25,16-27(21,3)4)17-28(22,5)6/h7-15H,16-17H2,1-6H3. The molecule has 33 heavy (non-hydrogen) atoms. The predicted octanol–water partition coefficient (Wildman–Crippen LogP) is 8.03. The summed E-state index contributed by atoms with van der Waals surface area (Å²) in [7, 11) is -1.66. The third kappa shape index (κ3) is 3.05. The van der Waals surface area contributed by atoms with E-state index in [0.717, 1.165) is 30.1 Å². The summed E-state index contributed by atoms with van der Waals surface area (Å²) >= 11 is 0. The maximum atomic E-state index is 6.64. The van der Waals surface area contributed by atoms with Crippen LogP contribution in [0.3, 0.4) is 0 Å². The van der Waals surface area contributed by atoms with Crippen molar-refractivity contribution in [2.24, 2.45) is 0 Å². The molecule has 1 aliphatic heterocycles. The van der Waals surface area contributed by atoms with Gasteiger partial charge >= 0.3 is 8.60 Å². The molecule has 0 N–H and O–H groups in total. The van der Waals surface area contributed by atoms with Crippen molar-refractivity contribution in [3.8, 4) is 17.2 Å². The average molecular weight is 459 g/mol. The highest BCUT2D eigenvalue weighted by Gasteiger charge is 2.60. The first-order valence-electron chi connectivity index (χ1n) is 11.8. The number of para-hydroxylation sites is 1. The largest absolute Gasteiger partial charge is 0.530 e. The van der Waals surface area contributed by atoms with Gasteiger partial charge in [0.2, 0.25) is 0 Å². The van der Waals surface area contributed by atoms with E-state index >= 15 is 0 Å². The first-order valence-corrected chi connectivity index (χ1v) is 12.9. The molecule has 0 aromatic heterocycles. The number of rotatable bonds is 2. The number of hydrogen-bond donors (Lipinski definition) is 0. The fourth-order valence-corrected chi connectivity index (χ4v) is 7.74. The maximum absolute atomic E-state index is 6.64. The molecule has 3 aromatic carbocycles. The summed E-state index contributed by atoms with van der Waals surface area (Å²) in [6.45, 7) is 13.8. The van der Waals surface area contributed by atoms with Gasteiger partial charge in [-0.05, 0) is 84.0 Å². The monoisotopic (exact) mass is 458 g/mol. The third-order valence-corrected chi connectivity index (χ3v) is 8.72. The second kappa shape index (κ2) is 6.76. The van der Waals surface area contributed by atoms with Gasteiger partial charge in [-0.2, -0.15) is 0 Å². The van der Waals surface area contributed by atoms with Gasteiger partial charge in [0.05, 0.1) is 0 Å². The topological polar surface area (TPSA) is 27.7 Å². The Kier molecular flexibility index (Phi) is 4.31. The SMILES string of the molecule is Cc1cc2c3c(c1)C(C)(C)CC31CC(C)(C)c3cc(C)cc(c31)OP(Oc1ccccc1)O2. The van der Waals surface area contributed by atoms with Gasteiger partial charge in [0, 0.05) is 16.5 Å². The van der Waals surface area contributed by atoms with E-state index in [1.54, 1.807) is 0 Å². The smallest absolute Gasteiger partial charge is 0.409 e. The second-order valence-electron chi connectivity index (χ2n) is 11.4. The van der Waals surface area contributed by atoms with E-state index in [2.05, 4.69) is 65.8 Å². The Labute approximate surface area is 198 Å². The minimum Gasteiger partial charge on any atom is -0.409 e. The van der Waals surface area contributed by atoms with Crippen molar-refractivity contribution in [3.05, 3.63) is 88.0 Å². The van der Waals surface area contributed by atoms with E-state index in [-0.39, 0.29) is 16.2 Å². The Balaban J connectivity index is 1.64. The van der Waals surface area contributed by atoms with Crippen LogP contribution < -0.4 is 13.6 Å². The van der Waals surface area contributed by atoms with Crippen LogP contribution in [-0.4, -0.2) is 0 Å². The van der Waals surface area contributed by atoms with E-state index in [1.807, 2.05) is 30.3 Å². The summed E-state index contributed by atoms with van der Waals surface area (Å²) < 4.78 is 19.6. The Morgan fingerprint density at radius 1 is 0.727 bits per heavy atom. The van der Waals surface area contributed by atoms with Crippen LogP contribution in [0.5, 0.6) is 17.2 Å². The molecule has 0 bridgehead atoms. The van der Waals surface area contributed by atoms with Gasteiger partial charge in [-0.15, -0.1) is 0 Å². The fraction of sp³-hybridized carbons (Fsp3) is 0.379. The lowest BCUT2D eigenvalue weighted by Gasteiger charge is -2.34. The quantitative estimate of drug-likeness (QED) is 0.364. The van der Waals surface area contributed by atoms with Gasteiger partial charge in [0.15, 0.2) is 0 Å². The molecule has 2 aliphatic carbocycles. The molecule has 0 fully saturated rings. The van der Waals surface area contributed by atoms with Crippen molar-refractivity contribution < 1.29 is 13.6 Å². The van der Waals surface area contributed by atoms with Gasteiger partial charge in [-0.3, -0.25) is 0 Å². The van der Waals surface area contributed by atoms with E-state index in [4.69, 9.17) is 13.6 Å². The molecule has 0 amide bonds. The Hall–Kier alpha value is -2.51. The molecule has 0 atom stereocenters. The van der Waals surface area contributed by atoms with E-state index in [9.17, 15) is 0 Å². The van der Waals surface area contributed by atoms with E-state index < -0.39 is 8.60 Å². The molecule has 0 saturated heterocycles. The molecule has 3 nitrogen and oxygen atoms in total. The molecule has 1 heterocycles. The zero-order chi connectivity index (χ0) is 23.2. The van der Waals surface area contributed by atoms with Gasteiger partial charge in [-0.1, -0.05) is 58.0 Å². The number of hydrogen-bond acceptors (Lipinski definition) is 3. The van der Waals surface area contributed by atoms with Crippen LogP contribution in [0.15, 0.2) is 54.6 Å². The van der Waals surface area contributed by atoms with Crippen molar-refractivity contribution in [1.29, 1.82) is 0 Å². The molecular weight excluding hydrogens is 427 g/mol. The zero-order valence-corrected chi connectivity index (χ0v) is 21.2. The first kappa shape index (κ1) is 21.1. The fourth-order valence-electron chi connectivity index (χ4n) is 6.73. The van der Waals surface area contributed by atoms with Gasteiger partial charge in [0.1, 0.15) is 17.2 Å². The Bertz CT molecular complexity index is 1200. The minimum atomic E-state index is -1.66. The summed E-state index contributed by atoms with van der Waals surface area (Å²) in [5.74, 6) is 2.60. The summed E-state index contributed by atoms with van der Waals surface area (Å²) in [6.07, 6.45) is 2.12. The van der Waals surface area contributed by atoms with Crippen molar-refractivity contribution >= 4 is 8.60 Å². The van der Waals surface area contributed by atoms with Crippen LogP contribution in [0.4, 0.5) is 0 Å². The summed E-state index contributed by atoms with van der Waals surface area (Å²) in [4.78, 5) is 0. The maximum Gasteiger partial charge on any atom is 0.530 e. The highest BCUT2D eigenvalue weighted by atomic mass is 31.2. The van der Waals surface area contributed by atoms with Crippen LogP contribution >= 0.6 is 8.60 Å². The normalized spacial score (nSPS) is 20.7. The lowest BCUT2D eigenvalue weighted by Crippen LogP contribution is -2.28. The number of benzene rings is 3. The molecule has 3 aliphatic rings. The summed E-state index contributed by atoms with van der Waals surface area (Å²) in [5.41, 5.74) is 7.92. The molecule has 170 valence electrons. The number of aryl methyl sites for hydroxylation is 2. The van der Waals surface area contributed by atoms with Gasteiger partial charge < -0.3 is 13.6 Å². The highest BCUT2D eigenvalue weighted by Crippen LogP contribution is 2.68. The Morgan fingerprint density at radius 3 is 1.70 bits per heavy atom. The predicted molar refractivity (Wildman–Crippen MR) is 134 cm³/mol. The van der Waals surface area contributed by atoms with Gasteiger partial charge in [-0.25, -0.2) is 0 Å². The first-order chi connectivity index (χ1) is 15.6. The molecule has 1 spiro atoms. The van der Waals surface area contributed by atoms with Crippen molar-refractivity contribution in [2.75, 3.05) is 0 Å². The van der Waals surface area contributed by atoms with Crippen LogP contribution in [0.25, 0.3) is 0 Å². The van der Waals surface area contributed by atoms with Gasteiger partial charge in [0.25, 0.3) is 0 Å². The summed E-state index contributed by atoms with van der Waals surface area (Å²) in [5, 5.41) is 0. The van der Waals surface area contributed by atoms with Crippen LogP contribution in [0.2, 0.25) is 0 Å². The molecule has 0 saturated carbocycles. The molecule has 3 aromatic rings. The average Bonchev–Trinajstić information content (AvgIpc) is 3.07. The van der Waals surface area contributed by atoms with E-state index in [1.165, 1.54) is 33.4 Å². The van der Waals surface area contributed by atoms with Crippen LogP contribution in [0.1, 0.15) is 73.9 Å². The lowest BCUT2D eigenvalue weighted by atomic mass is 9.72. The highest BCUT2D eigenvalue weighted by molar-refractivity contribution is 7.43. The lowest BCUT2D eigenvalue weighted by molar-refractivity contribution is 0.327. The van der Waals surface area contributed by atoms with E-state index in [0.29, 0.717) is 0 Å². The molecule has 4 heteroatoms. The van der Waals surface area contributed by atoms with Crippen molar-refractivity contribution in [3.63, 3.8) is 0 Å². The van der Waals surface area contributed by atoms with Crippen molar-refractivity contribution in [2.45, 2.75) is 70.6 Å². The van der Waals surface area contributed by atoms with Crippen LogP contribution in [0, 0.1) is 13.8 Å². The zero-order valence-electron chi connectivity index (χ0n) is 20.3. The minimum absolute atomic E-state index is 0.0483. The molecule has 6 rings (SSSR count). The summed E-state index contributed by atoms with van der Waals surface area (Å²) in [6, 6.07) is 18.9. The molecule has 0 radical (unpaired) electrons. The van der Waals surface area contributed by atoms with Crippen molar-refractivity contribution in [1.82, 2.24) is 0 Å². The second-order valence-corrected chi connectivity index (χ2v) is 12.4. The van der Waals surface area contributed by atoms with Crippen LogP contribution in [-0.2, 0) is 16.2 Å². The third-order valence-electron chi connectivity index (χ3n) is 7.66.